The van der Waals surface area contributed by atoms with E-state index in [1.54, 1.807) is 0 Å². The van der Waals surface area contributed by atoms with Crippen LogP contribution in [0.15, 0.2) is 0 Å². The first-order valence-corrected chi connectivity index (χ1v) is 7.62. The number of nitrogens with zero attached hydrogens (tertiary/aromatic N) is 1. The van der Waals surface area contributed by atoms with Crippen LogP contribution >= 0.6 is 0 Å². The summed E-state index contributed by atoms with van der Waals surface area (Å²) in [5.74, 6) is -0.815. The second-order valence-corrected chi connectivity index (χ2v) is 5.89. The molecule has 2 fully saturated rings. The molecule has 0 radical (unpaired) electrons. The topological polar surface area (TPSA) is 81.7 Å². The first kappa shape index (κ1) is 15.1. The van der Waals surface area contributed by atoms with Crippen LogP contribution < -0.4 is 10.6 Å². The van der Waals surface area contributed by atoms with Gasteiger partial charge in [-0.15, -0.1) is 0 Å². The highest BCUT2D eigenvalue weighted by atomic mass is 16.4. The lowest BCUT2D eigenvalue weighted by molar-refractivity contribution is -0.139. The van der Waals surface area contributed by atoms with E-state index in [0.717, 1.165) is 51.7 Å². The van der Waals surface area contributed by atoms with Crippen molar-refractivity contribution in [3.8, 4) is 0 Å². The molecule has 0 spiro atoms. The standard InChI is InChI=1S/C14H25N3O3/c1-2-7-17-8-5-11(6-9-17)15-14(20)16-12(13(18)19)10-3-4-10/h10-12H,2-9H2,1H3,(H,18,19)(H2,15,16,20). The molecule has 1 aliphatic heterocycles. The van der Waals surface area contributed by atoms with Gasteiger partial charge in [-0.25, -0.2) is 9.59 Å². The molecule has 1 atom stereocenters. The number of hydrogen-bond donors (Lipinski definition) is 3. The van der Waals surface area contributed by atoms with Gasteiger partial charge in [-0.05, 0) is 44.6 Å². The molecule has 0 bridgehead atoms. The van der Waals surface area contributed by atoms with Crippen molar-refractivity contribution in [3.05, 3.63) is 0 Å². The first-order valence-electron chi connectivity index (χ1n) is 7.62. The quantitative estimate of drug-likeness (QED) is 0.680. The number of carboxylic acids is 1. The van der Waals surface area contributed by atoms with E-state index in [2.05, 4.69) is 22.5 Å². The van der Waals surface area contributed by atoms with Crippen LogP contribution in [-0.4, -0.2) is 53.7 Å². The molecule has 20 heavy (non-hydrogen) atoms. The second-order valence-electron chi connectivity index (χ2n) is 5.89. The molecule has 3 N–H and O–H groups in total. The first-order chi connectivity index (χ1) is 9.60. The van der Waals surface area contributed by atoms with E-state index < -0.39 is 12.0 Å². The summed E-state index contributed by atoms with van der Waals surface area (Å²) < 4.78 is 0. The van der Waals surface area contributed by atoms with E-state index in [4.69, 9.17) is 5.11 Å². The number of nitrogens with one attached hydrogen (secondary N) is 2. The predicted octanol–water partition coefficient (Wildman–Crippen LogP) is 1.02. The van der Waals surface area contributed by atoms with Crippen molar-refractivity contribution in [3.63, 3.8) is 0 Å². The number of amides is 2. The largest absolute Gasteiger partial charge is 0.480 e. The van der Waals surface area contributed by atoms with Crippen LogP contribution in [-0.2, 0) is 4.79 Å². The lowest BCUT2D eigenvalue weighted by Crippen LogP contribution is -2.52. The third-order valence-corrected chi connectivity index (χ3v) is 4.11. The number of urea groups is 1. The van der Waals surface area contributed by atoms with Gasteiger partial charge in [0, 0.05) is 19.1 Å². The van der Waals surface area contributed by atoms with Gasteiger partial charge in [-0.2, -0.15) is 0 Å². The Kier molecular flexibility index (Phi) is 5.23. The molecule has 114 valence electrons. The van der Waals surface area contributed by atoms with Crippen molar-refractivity contribution in [2.45, 2.75) is 51.1 Å². The Morgan fingerprint density at radius 2 is 1.90 bits per heavy atom. The molecule has 1 saturated heterocycles. The zero-order valence-corrected chi connectivity index (χ0v) is 12.1. The highest BCUT2D eigenvalue weighted by molar-refractivity contribution is 5.83. The van der Waals surface area contributed by atoms with Crippen molar-refractivity contribution >= 4 is 12.0 Å². The zero-order chi connectivity index (χ0) is 14.5. The number of carbonyl (C=O) groups is 2. The number of carboxylic acid groups (broad SMARTS) is 1. The summed E-state index contributed by atoms with van der Waals surface area (Å²) in [6, 6.07) is -0.898. The van der Waals surface area contributed by atoms with Gasteiger partial charge in [0.25, 0.3) is 0 Å². The lowest BCUT2D eigenvalue weighted by Gasteiger charge is -2.32. The van der Waals surface area contributed by atoms with Crippen LogP contribution in [0.4, 0.5) is 4.79 Å². The fourth-order valence-electron chi connectivity index (χ4n) is 2.80. The molecular formula is C14H25N3O3. The maximum Gasteiger partial charge on any atom is 0.326 e. The van der Waals surface area contributed by atoms with Gasteiger partial charge in [-0.3, -0.25) is 0 Å². The molecule has 1 aliphatic carbocycles. The Morgan fingerprint density at radius 3 is 2.40 bits per heavy atom. The average molecular weight is 283 g/mol. The molecule has 2 amide bonds. The molecule has 6 nitrogen and oxygen atoms in total. The maximum atomic E-state index is 11.9. The van der Waals surface area contributed by atoms with Crippen LogP contribution in [0.25, 0.3) is 0 Å². The normalized spacial score (nSPS) is 22.2. The monoisotopic (exact) mass is 283 g/mol. The van der Waals surface area contributed by atoms with Crippen LogP contribution in [0.5, 0.6) is 0 Å². The summed E-state index contributed by atoms with van der Waals surface area (Å²) >= 11 is 0. The molecule has 1 heterocycles. The number of carbonyl (C=O) groups excluding carboxylic acids is 1. The van der Waals surface area contributed by atoms with Gasteiger partial charge in [0.2, 0.25) is 0 Å². The fraction of sp³-hybridized carbons (Fsp3) is 0.857. The summed E-state index contributed by atoms with van der Waals surface area (Å²) in [6.45, 7) is 5.29. The highest BCUT2D eigenvalue weighted by Gasteiger charge is 2.37. The molecule has 1 saturated carbocycles. The van der Waals surface area contributed by atoms with E-state index in [0.29, 0.717) is 0 Å². The Bertz CT molecular complexity index is 350. The van der Waals surface area contributed by atoms with Gasteiger partial charge in [0.05, 0.1) is 0 Å². The van der Waals surface area contributed by atoms with Gasteiger partial charge < -0.3 is 20.6 Å². The maximum absolute atomic E-state index is 11.9. The van der Waals surface area contributed by atoms with Crippen LogP contribution in [0, 0.1) is 5.92 Å². The van der Waals surface area contributed by atoms with Crippen LogP contribution in [0.2, 0.25) is 0 Å². The number of likely N-dealkylation sites (tertiary alicyclic amines) is 1. The number of piperidine rings is 1. The lowest BCUT2D eigenvalue weighted by atomic mass is 10.1. The Morgan fingerprint density at radius 1 is 1.25 bits per heavy atom. The SMILES string of the molecule is CCCN1CCC(NC(=O)NC(C(=O)O)C2CC2)CC1. The summed E-state index contributed by atoms with van der Waals surface area (Å²) in [6.07, 6.45) is 4.82. The van der Waals surface area contributed by atoms with Crippen molar-refractivity contribution in [2.24, 2.45) is 5.92 Å². The average Bonchev–Trinajstić information content (AvgIpc) is 3.22. The smallest absolute Gasteiger partial charge is 0.326 e. The third-order valence-electron chi connectivity index (χ3n) is 4.11. The predicted molar refractivity (Wildman–Crippen MR) is 75.6 cm³/mol. The Balaban J connectivity index is 1.70. The fourth-order valence-corrected chi connectivity index (χ4v) is 2.80. The minimum Gasteiger partial charge on any atom is -0.480 e. The highest BCUT2D eigenvalue weighted by Crippen LogP contribution is 2.32. The molecule has 1 unspecified atom stereocenters. The Labute approximate surface area is 119 Å². The molecule has 0 aromatic carbocycles. The summed E-state index contributed by atoms with van der Waals surface area (Å²) in [4.78, 5) is 25.3. The minimum absolute atomic E-state index is 0.115. The Hall–Kier alpha value is -1.30. The van der Waals surface area contributed by atoms with E-state index in [1.807, 2.05) is 0 Å². The third kappa shape index (κ3) is 4.37. The number of rotatable bonds is 6. The second kappa shape index (κ2) is 6.92. The molecule has 2 rings (SSSR count). The van der Waals surface area contributed by atoms with Crippen molar-refractivity contribution < 1.29 is 14.7 Å². The van der Waals surface area contributed by atoms with E-state index in [9.17, 15) is 9.59 Å². The number of hydrogen-bond acceptors (Lipinski definition) is 3. The van der Waals surface area contributed by atoms with Gasteiger partial charge in [0.1, 0.15) is 6.04 Å². The van der Waals surface area contributed by atoms with Crippen LogP contribution in [0.3, 0.4) is 0 Å². The molecule has 2 aliphatic rings. The van der Waals surface area contributed by atoms with Gasteiger partial charge >= 0.3 is 12.0 Å². The summed E-state index contributed by atoms with van der Waals surface area (Å²) in [7, 11) is 0. The van der Waals surface area contributed by atoms with Crippen molar-refractivity contribution in [1.82, 2.24) is 15.5 Å². The van der Waals surface area contributed by atoms with Crippen LogP contribution in [0.1, 0.15) is 39.0 Å². The van der Waals surface area contributed by atoms with Crippen molar-refractivity contribution in [2.75, 3.05) is 19.6 Å². The molecule has 0 aromatic rings. The minimum atomic E-state index is -0.930. The molecule has 6 heteroatoms. The summed E-state index contributed by atoms with van der Waals surface area (Å²) in [5, 5.41) is 14.6. The van der Waals surface area contributed by atoms with E-state index >= 15 is 0 Å². The van der Waals surface area contributed by atoms with Gasteiger partial charge in [-0.1, -0.05) is 6.92 Å². The van der Waals surface area contributed by atoms with Gasteiger partial charge in [0.15, 0.2) is 0 Å². The van der Waals surface area contributed by atoms with E-state index in [-0.39, 0.29) is 18.0 Å². The summed E-state index contributed by atoms with van der Waals surface area (Å²) in [5.41, 5.74) is 0. The molecular weight excluding hydrogens is 258 g/mol. The zero-order valence-electron chi connectivity index (χ0n) is 12.1. The number of aliphatic carboxylic acids is 1. The van der Waals surface area contributed by atoms with E-state index in [1.165, 1.54) is 0 Å². The molecule has 0 aromatic heterocycles. The van der Waals surface area contributed by atoms with Crippen molar-refractivity contribution in [1.29, 1.82) is 0 Å².